The zero-order valence-corrected chi connectivity index (χ0v) is 11.4. The lowest BCUT2D eigenvalue weighted by Crippen LogP contribution is -2.47. The van der Waals surface area contributed by atoms with Crippen LogP contribution in [0.15, 0.2) is 18.5 Å². The monoisotopic (exact) mass is 265 g/mol. The molecular formula is C14H23N3O2. The van der Waals surface area contributed by atoms with Crippen molar-refractivity contribution in [3.63, 3.8) is 0 Å². The van der Waals surface area contributed by atoms with Gasteiger partial charge in [0.1, 0.15) is 0 Å². The molecule has 3 heterocycles. The highest BCUT2D eigenvalue weighted by Gasteiger charge is 2.24. The molecule has 0 aliphatic carbocycles. The summed E-state index contributed by atoms with van der Waals surface area (Å²) in [4.78, 5) is 2.48. The van der Waals surface area contributed by atoms with Gasteiger partial charge in [-0.3, -0.25) is 9.58 Å². The van der Waals surface area contributed by atoms with Crippen LogP contribution in [-0.2, 0) is 16.0 Å². The first-order chi connectivity index (χ1) is 9.40. The summed E-state index contributed by atoms with van der Waals surface area (Å²) in [5.41, 5.74) is 0. The van der Waals surface area contributed by atoms with Crippen molar-refractivity contribution in [2.45, 2.75) is 38.0 Å². The van der Waals surface area contributed by atoms with E-state index in [-0.39, 0.29) is 6.10 Å². The van der Waals surface area contributed by atoms with Crippen molar-refractivity contribution in [3.8, 4) is 0 Å². The van der Waals surface area contributed by atoms with Crippen LogP contribution in [0.5, 0.6) is 0 Å². The Balaban J connectivity index is 1.47. The minimum atomic E-state index is 0.247. The fraction of sp³-hybridized carbons (Fsp3) is 0.786. The third kappa shape index (κ3) is 3.78. The molecular weight excluding hydrogens is 242 g/mol. The summed E-state index contributed by atoms with van der Waals surface area (Å²) in [6, 6.07) is 1.95. The van der Waals surface area contributed by atoms with E-state index in [0.29, 0.717) is 6.10 Å². The Labute approximate surface area is 114 Å². The minimum absolute atomic E-state index is 0.247. The van der Waals surface area contributed by atoms with Crippen LogP contribution < -0.4 is 0 Å². The first kappa shape index (κ1) is 13.1. The quantitative estimate of drug-likeness (QED) is 0.819. The fourth-order valence-electron chi connectivity index (χ4n) is 2.91. The Morgan fingerprint density at radius 2 is 2.05 bits per heavy atom. The van der Waals surface area contributed by atoms with Gasteiger partial charge in [0.05, 0.1) is 25.4 Å². The highest BCUT2D eigenvalue weighted by molar-refractivity contribution is 4.81. The molecule has 0 saturated carbocycles. The van der Waals surface area contributed by atoms with Gasteiger partial charge in [0, 0.05) is 38.6 Å². The van der Waals surface area contributed by atoms with Crippen molar-refractivity contribution in [2.75, 3.05) is 32.8 Å². The smallest absolute Gasteiger partial charge is 0.0898 e. The number of nitrogens with zero attached hydrogens (tertiary/aromatic N) is 3. The van der Waals surface area contributed by atoms with Crippen LogP contribution in [0.3, 0.4) is 0 Å². The lowest BCUT2D eigenvalue weighted by Gasteiger charge is -2.35. The third-order valence-corrected chi connectivity index (χ3v) is 3.91. The molecule has 2 aliphatic rings. The molecule has 2 fully saturated rings. The number of hydrogen-bond donors (Lipinski definition) is 0. The van der Waals surface area contributed by atoms with Crippen LogP contribution in [0.4, 0.5) is 0 Å². The molecule has 19 heavy (non-hydrogen) atoms. The summed E-state index contributed by atoms with van der Waals surface area (Å²) in [5.74, 6) is 0. The lowest BCUT2D eigenvalue weighted by atomic mass is 10.1. The van der Waals surface area contributed by atoms with Crippen molar-refractivity contribution in [1.82, 2.24) is 14.7 Å². The lowest BCUT2D eigenvalue weighted by molar-refractivity contribution is -0.0650. The predicted octanol–water partition coefficient (Wildman–Crippen LogP) is 1.15. The highest BCUT2D eigenvalue weighted by Crippen LogP contribution is 2.16. The maximum atomic E-state index is 5.83. The molecule has 0 amide bonds. The molecule has 0 radical (unpaired) electrons. The van der Waals surface area contributed by atoms with Gasteiger partial charge in [0.25, 0.3) is 0 Å². The second-order valence-corrected chi connectivity index (χ2v) is 5.47. The molecule has 1 aromatic rings. The molecule has 2 saturated heterocycles. The van der Waals surface area contributed by atoms with Crippen molar-refractivity contribution < 1.29 is 9.47 Å². The number of rotatable bonds is 4. The van der Waals surface area contributed by atoms with Crippen molar-refractivity contribution in [3.05, 3.63) is 18.5 Å². The van der Waals surface area contributed by atoms with Crippen LogP contribution in [0.1, 0.15) is 19.3 Å². The second kappa shape index (κ2) is 6.50. The predicted molar refractivity (Wildman–Crippen MR) is 72.0 cm³/mol. The molecule has 106 valence electrons. The van der Waals surface area contributed by atoms with Crippen LogP contribution in [-0.4, -0.2) is 59.7 Å². The van der Waals surface area contributed by atoms with Crippen molar-refractivity contribution in [2.24, 2.45) is 0 Å². The normalized spacial score (nSPS) is 29.5. The largest absolute Gasteiger partial charge is 0.377 e. The summed E-state index contributed by atoms with van der Waals surface area (Å²) in [7, 11) is 0. The summed E-state index contributed by atoms with van der Waals surface area (Å²) in [6.07, 6.45) is 8.23. The van der Waals surface area contributed by atoms with Gasteiger partial charge in [-0.15, -0.1) is 0 Å². The Morgan fingerprint density at radius 3 is 2.84 bits per heavy atom. The minimum Gasteiger partial charge on any atom is -0.377 e. The van der Waals surface area contributed by atoms with E-state index in [2.05, 4.69) is 10.00 Å². The molecule has 1 aromatic heterocycles. The number of ether oxygens (including phenoxy) is 2. The van der Waals surface area contributed by atoms with Crippen LogP contribution in [0, 0.1) is 0 Å². The van der Waals surface area contributed by atoms with Crippen LogP contribution in [0.2, 0.25) is 0 Å². The molecule has 0 aromatic carbocycles. The molecule has 0 unspecified atom stereocenters. The summed E-state index contributed by atoms with van der Waals surface area (Å²) in [5, 5.41) is 4.24. The van der Waals surface area contributed by atoms with Crippen molar-refractivity contribution in [1.29, 1.82) is 0 Å². The van der Waals surface area contributed by atoms with E-state index in [0.717, 1.165) is 39.4 Å². The zero-order chi connectivity index (χ0) is 12.9. The van der Waals surface area contributed by atoms with Gasteiger partial charge in [0.2, 0.25) is 0 Å². The van der Waals surface area contributed by atoms with Gasteiger partial charge in [-0.05, 0) is 25.3 Å². The maximum Gasteiger partial charge on any atom is 0.0898 e. The standard InChI is InChI=1S/C14H23N3O2/c1-2-8-18-13(4-1)10-16-7-9-19-14(11-16)12-17-6-3-5-15-17/h3,5-6,13-14H,1-2,4,7-12H2/t13-,14-/m0/s1. The summed E-state index contributed by atoms with van der Waals surface area (Å²) < 4.78 is 13.6. The van der Waals surface area contributed by atoms with Gasteiger partial charge in [-0.2, -0.15) is 5.10 Å². The van der Waals surface area contributed by atoms with Gasteiger partial charge in [-0.25, -0.2) is 0 Å². The Kier molecular flexibility index (Phi) is 4.48. The van der Waals surface area contributed by atoms with E-state index in [1.165, 1.54) is 19.3 Å². The second-order valence-electron chi connectivity index (χ2n) is 5.47. The Hall–Kier alpha value is -0.910. The number of hydrogen-bond acceptors (Lipinski definition) is 4. The first-order valence-electron chi connectivity index (χ1n) is 7.33. The molecule has 0 spiro atoms. The van der Waals surface area contributed by atoms with E-state index in [1.54, 1.807) is 0 Å². The molecule has 5 nitrogen and oxygen atoms in total. The molecule has 5 heteroatoms. The van der Waals surface area contributed by atoms with E-state index < -0.39 is 0 Å². The van der Waals surface area contributed by atoms with Gasteiger partial charge in [-0.1, -0.05) is 0 Å². The summed E-state index contributed by atoms with van der Waals surface area (Å²) >= 11 is 0. The molecule has 2 aliphatic heterocycles. The van der Waals surface area contributed by atoms with E-state index >= 15 is 0 Å². The van der Waals surface area contributed by atoms with Gasteiger partial charge >= 0.3 is 0 Å². The Morgan fingerprint density at radius 1 is 1.11 bits per heavy atom. The topological polar surface area (TPSA) is 39.5 Å². The van der Waals surface area contributed by atoms with Gasteiger partial charge < -0.3 is 9.47 Å². The number of morpholine rings is 1. The van der Waals surface area contributed by atoms with Crippen LogP contribution >= 0.6 is 0 Å². The summed E-state index contributed by atoms with van der Waals surface area (Å²) in [6.45, 7) is 5.66. The first-order valence-corrected chi connectivity index (χ1v) is 7.33. The van der Waals surface area contributed by atoms with Crippen molar-refractivity contribution >= 4 is 0 Å². The third-order valence-electron chi connectivity index (χ3n) is 3.91. The number of aromatic nitrogens is 2. The fourth-order valence-corrected chi connectivity index (χ4v) is 2.91. The van der Waals surface area contributed by atoms with Crippen LogP contribution in [0.25, 0.3) is 0 Å². The highest BCUT2D eigenvalue weighted by atomic mass is 16.5. The van der Waals surface area contributed by atoms with E-state index in [1.807, 2.05) is 23.1 Å². The average Bonchev–Trinajstić information content (AvgIpc) is 2.93. The van der Waals surface area contributed by atoms with E-state index in [4.69, 9.17) is 9.47 Å². The van der Waals surface area contributed by atoms with E-state index in [9.17, 15) is 0 Å². The molecule has 0 N–H and O–H groups in total. The zero-order valence-electron chi connectivity index (χ0n) is 11.4. The SMILES string of the molecule is c1cnn(C[C@@H]2CN(C[C@@H]3CCCCO3)CCO2)c1. The van der Waals surface area contributed by atoms with Gasteiger partial charge in [0.15, 0.2) is 0 Å². The average molecular weight is 265 g/mol. The molecule has 0 bridgehead atoms. The molecule has 3 rings (SSSR count). The molecule has 2 atom stereocenters. The maximum absolute atomic E-state index is 5.83. The Bertz CT molecular complexity index is 363.